The molecule has 1 aromatic heterocycles. The van der Waals surface area contributed by atoms with E-state index in [4.69, 9.17) is 14.2 Å². The highest BCUT2D eigenvalue weighted by molar-refractivity contribution is 7.91. The van der Waals surface area contributed by atoms with Crippen molar-refractivity contribution in [1.82, 2.24) is 9.97 Å². The molecule has 1 N–H and O–H groups in total. The minimum Gasteiger partial charge on any atom is -0.460 e. The average Bonchev–Trinajstić information content (AvgIpc) is 2.74. The standard InChI is InChI=1S/C28H38FN3O6S/c1-17(2)24-22(25(18-9-11-19(29)12-10-18)31-26(30-24)32-39(8,34)35)14-13-20-15-21(37-28(6,7)36-20)16-23(33)38-27(3,4)5/h9-14,17,20-21H,15-16H2,1-8H3,(H,30,31,32)/b14-13+. The Bertz CT molecular complexity index is 1320. The number of hydrogen-bond acceptors (Lipinski definition) is 8. The normalized spacial score (nSPS) is 19.8. The van der Waals surface area contributed by atoms with E-state index in [9.17, 15) is 17.6 Å². The van der Waals surface area contributed by atoms with E-state index in [1.54, 1.807) is 26.0 Å². The zero-order valence-corrected chi connectivity index (χ0v) is 24.6. The first kappa shape index (κ1) is 30.6. The van der Waals surface area contributed by atoms with Crippen LogP contribution in [0.1, 0.15) is 78.5 Å². The van der Waals surface area contributed by atoms with Crippen molar-refractivity contribution in [2.75, 3.05) is 11.0 Å². The molecule has 2 atom stereocenters. The summed E-state index contributed by atoms with van der Waals surface area (Å²) in [6, 6.07) is 5.78. The molecule has 9 nitrogen and oxygen atoms in total. The number of carbonyl (C=O) groups is 1. The zero-order chi connectivity index (χ0) is 29.2. The molecule has 0 bridgehead atoms. The lowest BCUT2D eigenvalue weighted by atomic mass is 9.97. The summed E-state index contributed by atoms with van der Waals surface area (Å²) in [6.07, 6.45) is 4.38. The highest BCUT2D eigenvalue weighted by Crippen LogP contribution is 2.33. The van der Waals surface area contributed by atoms with Gasteiger partial charge in [-0.25, -0.2) is 22.8 Å². The van der Waals surface area contributed by atoms with Crippen molar-refractivity contribution in [2.24, 2.45) is 0 Å². The van der Waals surface area contributed by atoms with Gasteiger partial charge in [0.25, 0.3) is 0 Å². The van der Waals surface area contributed by atoms with Gasteiger partial charge >= 0.3 is 5.97 Å². The monoisotopic (exact) mass is 563 g/mol. The van der Waals surface area contributed by atoms with E-state index >= 15 is 0 Å². The van der Waals surface area contributed by atoms with Gasteiger partial charge in [0.15, 0.2) is 5.79 Å². The molecule has 1 fully saturated rings. The second kappa shape index (κ2) is 11.7. The van der Waals surface area contributed by atoms with Gasteiger partial charge in [0.2, 0.25) is 16.0 Å². The van der Waals surface area contributed by atoms with Gasteiger partial charge < -0.3 is 14.2 Å². The number of aromatic nitrogens is 2. The summed E-state index contributed by atoms with van der Waals surface area (Å²) < 4.78 is 57.5. The van der Waals surface area contributed by atoms with Crippen LogP contribution in [-0.4, -0.2) is 54.2 Å². The van der Waals surface area contributed by atoms with Crippen LogP contribution < -0.4 is 4.72 Å². The maximum Gasteiger partial charge on any atom is 0.308 e. The molecule has 0 saturated carbocycles. The van der Waals surface area contributed by atoms with E-state index in [1.165, 1.54) is 12.1 Å². The largest absolute Gasteiger partial charge is 0.460 e. The van der Waals surface area contributed by atoms with Crippen molar-refractivity contribution in [1.29, 1.82) is 0 Å². The number of esters is 1. The lowest BCUT2D eigenvalue weighted by Crippen LogP contribution is -2.45. The predicted octanol–water partition coefficient (Wildman–Crippen LogP) is 5.43. The second-order valence-electron chi connectivity index (χ2n) is 11.4. The SMILES string of the molecule is CC(C)c1nc(NS(C)(=O)=O)nc(-c2ccc(F)cc2)c1/C=C/C1CC(CC(=O)OC(C)(C)C)OC(C)(C)O1. The lowest BCUT2D eigenvalue weighted by Gasteiger charge is -2.39. The Morgan fingerprint density at radius 1 is 1.21 bits per heavy atom. The number of ether oxygens (including phenoxy) is 3. The summed E-state index contributed by atoms with van der Waals surface area (Å²) in [7, 11) is -3.63. The molecule has 0 spiro atoms. The number of carbonyl (C=O) groups excluding carboxylic acids is 1. The van der Waals surface area contributed by atoms with Gasteiger partial charge in [0, 0.05) is 17.5 Å². The van der Waals surface area contributed by atoms with Gasteiger partial charge in [-0.2, -0.15) is 0 Å². The van der Waals surface area contributed by atoms with Crippen LogP contribution in [0, 0.1) is 5.82 Å². The molecule has 1 saturated heterocycles. The van der Waals surface area contributed by atoms with Gasteiger partial charge in [-0.1, -0.05) is 26.0 Å². The van der Waals surface area contributed by atoms with Gasteiger partial charge in [-0.3, -0.25) is 9.52 Å². The van der Waals surface area contributed by atoms with Crippen LogP contribution in [0.2, 0.25) is 0 Å². The van der Waals surface area contributed by atoms with Gasteiger partial charge in [0.05, 0.1) is 36.3 Å². The van der Waals surface area contributed by atoms with Crippen LogP contribution in [0.25, 0.3) is 17.3 Å². The Hall–Kier alpha value is -2.89. The third kappa shape index (κ3) is 9.36. The number of nitrogens with one attached hydrogen (secondary N) is 1. The summed E-state index contributed by atoms with van der Waals surface area (Å²) in [4.78, 5) is 21.4. The number of benzene rings is 1. The van der Waals surface area contributed by atoms with Crippen molar-refractivity contribution in [3.05, 3.63) is 47.4 Å². The fraction of sp³-hybridized carbons (Fsp3) is 0.536. The van der Waals surface area contributed by atoms with Crippen LogP contribution >= 0.6 is 0 Å². The molecule has 0 aliphatic carbocycles. The Morgan fingerprint density at radius 2 is 1.85 bits per heavy atom. The number of anilines is 1. The fourth-order valence-corrected chi connectivity index (χ4v) is 4.72. The quantitative estimate of drug-likeness (QED) is 0.423. The van der Waals surface area contributed by atoms with Crippen molar-refractivity contribution in [2.45, 2.75) is 90.8 Å². The van der Waals surface area contributed by atoms with E-state index in [-0.39, 0.29) is 24.3 Å². The second-order valence-corrected chi connectivity index (χ2v) is 13.2. The summed E-state index contributed by atoms with van der Waals surface area (Å²) in [5, 5.41) is 0. The molecule has 3 rings (SSSR count). The molecule has 11 heteroatoms. The predicted molar refractivity (Wildman–Crippen MR) is 148 cm³/mol. The smallest absolute Gasteiger partial charge is 0.308 e. The van der Waals surface area contributed by atoms with Crippen LogP contribution in [-0.2, 0) is 29.0 Å². The summed E-state index contributed by atoms with van der Waals surface area (Å²) in [5.41, 5.74) is 1.68. The fourth-order valence-electron chi connectivity index (χ4n) is 4.29. The van der Waals surface area contributed by atoms with E-state index in [0.29, 0.717) is 28.9 Å². The Kier molecular flexibility index (Phi) is 9.19. The molecule has 1 aliphatic heterocycles. The van der Waals surface area contributed by atoms with Crippen LogP contribution in [0.15, 0.2) is 30.3 Å². The minimum atomic E-state index is -3.63. The third-order valence-electron chi connectivity index (χ3n) is 5.59. The molecule has 0 radical (unpaired) electrons. The first-order chi connectivity index (χ1) is 17.9. The maximum atomic E-state index is 13.7. The molecule has 1 aromatic carbocycles. The summed E-state index contributed by atoms with van der Waals surface area (Å²) >= 11 is 0. The number of rotatable bonds is 8. The average molecular weight is 564 g/mol. The molecule has 39 heavy (non-hydrogen) atoms. The molecule has 2 aromatic rings. The van der Waals surface area contributed by atoms with Crippen LogP contribution in [0.3, 0.4) is 0 Å². The van der Waals surface area contributed by atoms with Crippen LogP contribution in [0.4, 0.5) is 10.3 Å². The molecular formula is C28H38FN3O6S. The van der Waals surface area contributed by atoms with Crippen molar-refractivity contribution >= 4 is 28.0 Å². The molecular weight excluding hydrogens is 525 g/mol. The van der Waals surface area contributed by atoms with E-state index in [2.05, 4.69) is 14.7 Å². The van der Waals surface area contributed by atoms with E-state index in [1.807, 2.05) is 46.8 Å². The van der Waals surface area contributed by atoms with Crippen LogP contribution in [0.5, 0.6) is 0 Å². The van der Waals surface area contributed by atoms with E-state index < -0.39 is 39.4 Å². The van der Waals surface area contributed by atoms with Crippen molar-refractivity contribution in [3.63, 3.8) is 0 Å². The summed E-state index contributed by atoms with van der Waals surface area (Å²) in [5.74, 6) is -1.87. The first-order valence-corrected chi connectivity index (χ1v) is 14.7. The highest BCUT2D eigenvalue weighted by atomic mass is 32.2. The molecule has 0 amide bonds. The molecule has 1 aliphatic rings. The van der Waals surface area contributed by atoms with Gasteiger partial charge in [0.1, 0.15) is 11.4 Å². The maximum absolute atomic E-state index is 13.7. The number of hydrogen-bond donors (Lipinski definition) is 1. The third-order valence-corrected chi connectivity index (χ3v) is 6.14. The van der Waals surface area contributed by atoms with Gasteiger partial charge in [-0.05, 0) is 64.8 Å². The van der Waals surface area contributed by atoms with E-state index in [0.717, 1.165) is 6.26 Å². The van der Waals surface area contributed by atoms with Crippen molar-refractivity contribution < 1.29 is 31.8 Å². The van der Waals surface area contributed by atoms with Gasteiger partial charge in [-0.15, -0.1) is 0 Å². The lowest BCUT2D eigenvalue weighted by molar-refractivity contribution is -0.290. The zero-order valence-electron chi connectivity index (χ0n) is 23.7. The molecule has 214 valence electrons. The number of sulfonamides is 1. The number of halogens is 1. The molecule has 2 unspecified atom stereocenters. The minimum absolute atomic E-state index is 0.0708. The van der Waals surface area contributed by atoms with Crippen molar-refractivity contribution in [3.8, 4) is 11.3 Å². The Morgan fingerprint density at radius 3 is 2.41 bits per heavy atom. The number of nitrogens with zero attached hydrogens (tertiary/aromatic N) is 2. The Labute approximate surface area is 230 Å². The highest BCUT2D eigenvalue weighted by Gasteiger charge is 2.36. The molecule has 2 heterocycles. The summed E-state index contributed by atoms with van der Waals surface area (Å²) in [6.45, 7) is 12.9. The Balaban J connectivity index is 2.00. The topological polar surface area (TPSA) is 117 Å². The first-order valence-electron chi connectivity index (χ1n) is 12.8.